The molecule has 0 amide bonds. The summed E-state index contributed by atoms with van der Waals surface area (Å²) in [6, 6.07) is 10.6. The van der Waals surface area contributed by atoms with Gasteiger partial charge >= 0.3 is 5.97 Å². The molecule has 0 atom stereocenters. The first kappa shape index (κ1) is 19.3. The fraction of sp³-hybridized carbons (Fsp3) is 0.278. The van der Waals surface area contributed by atoms with Crippen LogP contribution in [0.15, 0.2) is 52.2 Å². The van der Waals surface area contributed by atoms with E-state index in [2.05, 4.69) is 10.2 Å². The lowest BCUT2D eigenvalue weighted by molar-refractivity contribution is -0.141. The number of rotatable bonds is 9. The van der Waals surface area contributed by atoms with Crippen molar-refractivity contribution < 1.29 is 18.7 Å². The molecule has 2 heterocycles. The number of carbonyl (C=O) groups excluding carboxylic acids is 1. The van der Waals surface area contributed by atoms with Gasteiger partial charge in [0, 0.05) is 11.6 Å². The summed E-state index contributed by atoms with van der Waals surface area (Å²) in [7, 11) is 0. The Kier molecular flexibility index (Phi) is 6.78. The molecule has 3 rings (SSSR count). The van der Waals surface area contributed by atoms with E-state index in [1.165, 1.54) is 11.8 Å². The van der Waals surface area contributed by atoms with E-state index in [1.54, 1.807) is 36.6 Å². The maximum absolute atomic E-state index is 11.9. The van der Waals surface area contributed by atoms with E-state index in [-0.39, 0.29) is 24.9 Å². The Hall–Kier alpha value is -2.45. The van der Waals surface area contributed by atoms with Crippen LogP contribution in [0.5, 0.6) is 5.75 Å². The van der Waals surface area contributed by atoms with E-state index in [4.69, 9.17) is 25.5 Å². The summed E-state index contributed by atoms with van der Waals surface area (Å²) < 4.78 is 17.9. The Morgan fingerprint density at radius 2 is 2.04 bits per heavy atom. The Morgan fingerprint density at radius 1 is 1.22 bits per heavy atom. The molecule has 2 aromatic heterocycles. The molecule has 3 aromatic rings. The molecular formula is C18H18ClN3O4S. The minimum Gasteiger partial charge on any atom is -0.490 e. The van der Waals surface area contributed by atoms with Gasteiger partial charge in [-0.15, -0.1) is 10.2 Å². The Bertz CT molecular complexity index is 865. The van der Waals surface area contributed by atoms with Gasteiger partial charge in [0.1, 0.15) is 19.0 Å². The molecule has 0 unspecified atom stereocenters. The minimum absolute atomic E-state index is 0.136. The number of aromatic nitrogens is 3. The number of hydrogen-bond acceptors (Lipinski definition) is 7. The summed E-state index contributed by atoms with van der Waals surface area (Å²) in [4.78, 5) is 11.9. The van der Waals surface area contributed by atoms with Crippen molar-refractivity contribution in [2.24, 2.45) is 0 Å². The van der Waals surface area contributed by atoms with Crippen LogP contribution in [0.1, 0.15) is 6.92 Å². The molecule has 0 saturated carbocycles. The van der Waals surface area contributed by atoms with Crippen LogP contribution in [0.2, 0.25) is 5.02 Å². The monoisotopic (exact) mass is 407 g/mol. The fourth-order valence-corrected chi connectivity index (χ4v) is 3.21. The van der Waals surface area contributed by atoms with Crippen molar-refractivity contribution in [3.8, 4) is 17.3 Å². The quantitative estimate of drug-likeness (QED) is 0.302. The van der Waals surface area contributed by atoms with Crippen molar-refractivity contribution in [2.75, 3.05) is 19.0 Å². The van der Waals surface area contributed by atoms with E-state index < -0.39 is 0 Å². The van der Waals surface area contributed by atoms with Gasteiger partial charge < -0.3 is 13.9 Å². The largest absolute Gasteiger partial charge is 0.490 e. The molecule has 1 aromatic carbocycles. The van der Waals surface area contributed by atoms with Crippen molar-refractivity contribution >= 4 is 29.3 Å². The zero-order valence-electron chi connectivity index (χ0n) is 14.6. The Balaban J connectivity index is 1.43. The first-order chi connectivity index (χ1) is 13.2. The predicted molar refractivity (Wildman–Crippen MR) is 102 cm³/mol. The number of nitrogens with zero attached hydrogens (tertiary/aromatic N) is 3. The number of thioether (sulfide) groups is 1. The smallest absolute Gasteiger partial charge is 0.316 e. The molecule has 7 nitrogen and oxygen atoms in total. The average Bonchev–Trinajstić information content (AvgIpc) is 3.34. The van der Waals surface area contributed by atoms with Crippen LogP contribution in [-0.4, -0.2) is 39.7 Å². The van der Waals surface area contributed by atoms with Gasteiger partial charge in [-0.25, -0.2) is 0 Å². The van der Waals surface area contributed by atoms with Gasteiger partial charge in [0.25, 0.3) is 0 Å². The third-order valence-corrected chi connectivity index (χ3v) is 4.71. The average molecular weight is 408 g/mol. The predicted octanol–water partition coefficient (Wildman–Crippen LogP) is 3.93. The highest BCUT2D eigenvalue weighted by molar-refractivity contribution is 7.99. The maximum atomic E-state index is 11.9. The van der Waals surface area contributed by atoms with Crippen molar-refractivity contribution in [3.05, 3.63) is 47.7 Å². The summed E-state index contributed by atoms with van der Waals surface area (Å²) >= 11 is 7.08. The fourth-order valence-electron chi connectivity index (χ4n) is 2.28. The molecule has 9 heteroatoms. The molecule has 0 aliphatic heterocycles. The van der Waals surface area contributed by atoms with Crippen LogP contribution in [0.4, 0.5) is 0 Å². The van der Waals surface area contributed by atoms with E-state index in [0.29, 0.717) is 34.1 Å². The summed E-state index contributed by atoms with van der Waals surface area (Å²) in [6.07, 6.45) is 1.58. The first-order valence-corrected chi connectivity index (χ1v) is 9.67. The van der Waals surface area contributed by atoms with Crippen molar-refractivity contribution in [3.63, 3.8) is 0 Å². The highest BCUT2D eigenvalue weighted by atomic mass is 35.5. The lowest BCUT2D eigenvalue weighted by Crippen LogP contribution is -2.14. The van der Waals surface area contributed by atoms with Crippen LogP contribution in [0, 0.1) is 0 Å². The second-order valence-electron chi connectivity index (χ2n) is 5.34. The zero-order chi connectivity index (χ0) is 19.1. The van der Waals surface area contributed by atoms with Crippen LogP contribution >= 0.6 is 23.4 Å². The maximum Gasteiger partial charge on any atom is 0.316 e. The molecule has 0 spiro atoms. The molecule has 0 aliphatic carbocycles. The lowest BCUT2D eigenvalue weighted by atomic mass is 10.3. The van der Waals surface area contributed by atoms with Gasteiger partial charge in [-0.2, -0.15) is 0 Å². The van der Waals surface area contributed by atoms with Gasteiger partial charge in [0.2, 0.25) is 0 Å². The number of benzene rings is 1. The van der Waals surface area contributed by atoms with Crippen LogP contribution < -0.4 is 4.74 Å². The van der Waals surface area contributed by atoms with E-state index >= 15 is 0 Å². The Morgan fingerprint density at radius 3 is 2.74 bits per heavy atom. The molecule has 0 bridgehead atoms. The second kappa shape index (κ2) is 9.48. The molecule has 0 radical (unpaired) electrons. The number of esters is 1. The summed E-state index contributed by atoms with van der Waals surface area (Å²) in [6.45, 7) is 3.08. The molecule has 0 saturated heterocycles. The third kappa shape index (κ3) is 5.27. The normalized spacial score (nSPS) is 10.7. The van der Waals surface area contributed by atoms with Crippen LogP contribution in [0.25, 0.3) is 11.6 Å². The van der Waals surface area contributed by atoms with Gasteiger partial charge in [-0.1, -0.05) is 23.4 Å². The third-order valence-electron chi connectivity index (χ3n) is 3.52. The number of carbonyl (C=O) groups is 1. The number of hydrogen-bond donors (Lipinski definition) is 0. The summed E-state index contributed by atoms with van der Waals surface area (Å²) in [5, 5.41) is 9.55. The molecule has 0 fully saturated rings. The van der Waals surface area contributed by atoms with E-state index in [1.807, 2.05) is 17.6 Å². The van der Waals surface area contributed by atoms with Gasteiger partial charge in [0.05, 0.1) is 12.0 Å². The number of furan rings is 1. The molecule has 0 aliphatic rings. The van der Waals surface area contributed by atoms with Gasteiger partial charge in [-0.3, -0.25) is 9.36 Å². The molecule has 27 heavy (non-hydrogen) atoms. The van der Waals surface area contributed by atoms with E-state index in [0.717, 1.165) is 0 Å². The van der Waals surface area contributed by atoms with Crippen molar-refractivity contribution in [1.29, 1.82) is 0 Å². The Labute approximate surface area is 165 Å². The number of halogens is 1. The zero-order valence-corrected chi connectivity index (χ0v) is 16.2. The van der Waals surface area contributed by atoms with Gasteiger partial charge in [-0.05, 0) is 43.3 Å². The second-order valence-corrected chi connectivity index (χ2v) is 6.72. The minimum atomic E-state index is -0.343. The summed E-state index contributed by atoms with van der Waals surface area (Å²) in [5.41, 5.74) is 0. The van der Waals surface area contributed by atoms with Crippen molar-refractivity contribution in [1.82, 2.24) is 14.8 Å². The van der Waals surface area contributed by atoms with E-state index in [9.17, 15) is 4.79 Å². The number of ether oxygens (including phenoxy) is 2. The van der Waals surface area contributed by atoms with Gasteiger partial charge in [0.15, 0.2) is 16.7 Å². The first-order valence-electron chi connectivity index (χ1n) is 8.31. The highest BCUT2D eigenvalue weighted by Crippen LogP contribution is 2.24. The SMILES string of the molecule is CCn1c(SCC(=O)OCCOc2ccc(Cl)cc2)nnc1-c1ccco1. The van der Waals surface area contributed by atoms with Crippen molar-refractivity contribution in [2.45, 2.75) is 18.6 Å². The lowest BCUT2D eigenvalue weighted by Gasteiger charge is -2.08. The standard InChI is InChI=1S/C18H18ClN3O4S/c1-2-22-17(15-4-3-9-25-15)20-21-18(22)27-12-16(23)26-11-10-24-14-7-5-13(19)6-8-14/h3-9H,2,10-12H2,1H3. The molecular weight excluding hydrogens is 390 g/mol. The topological polar surface area (TPSA) is 79.4 Å². The highest BCUT2D eigenvalue weighted by Gasteiger charge is 2.16. The molecule has 0 N–H and O–H groups in total. The van der Waals surface area contributed by atoms with Crippen LogP contribution in [0.3, 0.4) is 0 Å². The summed E-state index contributed by atoms with van der Waals surface area (Å²) in [5.74, 6) is 1.74. The van der Waals surface area contributed by atoms with Crippen LogP contribution in [-0.2, 0) is 16.1 Å². The molecule has 142 valence electrons.